The molecule has 2 heterocycles. The molecule has 0 saturated carbocycles. The van der Waals surface area contributed by atoms with E-state index < -0.39 is 25.7 Å². The maximum atomic E-state index is 13.3. The van der Waals surface area contributed by atoms with Crippen molar-refractivity contribution in [2.45, 2.75) is 26.4 Å². The van der Waals surface area contributed by atoms with Crippen molar-refractivity contribution in [3.8, 4) is 11.1 Å². The third-order valence-electron chi connectivity index (χ3n) is 4.50. The molecule has 0 atom stereocenters. The van der Waals surface area contributed by atoms with Crippen LogP contribution >= 0.6 is 7.94 Å². The minimum Gasteiger partial charge on any atom is -0.465 e. The molecular formula is C19H20F3NO5P+. The topological polar surface area (TPSA) is 77.9 Å². The number of methoxy groups -OCH3 is 1. The van der Waals surface area contributed by atoms with Gasteiger partial charge in [-0.25, -0.2) is 4.79 Å². The Morgan fingerprint density at radius 1 is 1.21 bits per heavy atom. The zero-order valence-electron chi connectivity index (χ0n) is 16.0. The highest BCUT2D eigenvalue weighted by molar-refractivity contribution is 7.69. The summed E-state index contributed by atoms with van der Waals surface area (Å²) in [5.74, 6) is -0.785. The van der Waals surface area contributed by atoms with E-state index in [-0.39, 0.29) is 40.9 Å². The summed E-state index contributed by atoms with van der Waals surface area (Å²) in [6.45, 7) is 3.56. The van der Waals surface area contributed by atoms with E-state index >= 15 is 0 Å². The van der Waals surface area contributed by atoms with Gasteiger partial charge in [-0.05, 0) is 31.5 Å². The Bertz CT molecular complexity index is 942. The largest absolute Gasteiger partial charge is 0.465 e. The summed E-state index contributed by atoms with van der Waals surface area (Å²) < 4.78 is 55.8. The highest BCUT2D eigenvalue weighted by atomic mass is 31.2. The monoisotopic (exact) mass is 430 g/mol. The highest BCUT2D eigenvalue weighted by Crippen LogP contribution is 2.60. The van der Waals surface area contributed by atoms with Crippen molar-refractivity contribution in [2.75, 3.05) is 20.3 Å². The number of esters is 1. The standard InChI is InChI=1S/C19H20F3NO5P/c1-11-15(18(24)26-3)16(13-6-4-7-14(10-13)19(20,21)22)17(12(2)23-11)29(25)27-8-5-9-28-29/h4,6-7,10,25H,5,8-9H2,1-3H3/q+1. The average Bonchev–Trinajstić information content (AvgIpc) is 2.66. The third-order valence-corrected chi connectivity index (χ3v) is 6.68. The van der Waals surface area contributed by atoms with Crippen LogP contribution in [0.15, 0.2) is 24.3 Å². The van der Waals surface area contributed by atoms with E-state index in [1.807, 2.05) is 0 Å². The van der Waals surface area contributed by atoms with Crippen LogP contribution in [0.3, 0.4) is 0 Å². The van der Waals surface area contributed by atoms with Crippen molar-refractivity contribution in [1.29, 1.82) is 0 Å². The van der Waals surface area contributed by atoms with Crippen molar-refractivity contribution < 1.29 is 36.6 Å². The summed E-state index contributed by atoms with van der Waals surface area (Å²) in [6, 6.07) is 4.51. The molecule has 2 aromatic rings. The Hall–Kier alpha value is -2.06. The maximum absolute atomic E-state index is 13.3. The summed E-state index contributed by atoms with van der Waals surface area (Å²) in [7, 11) is -2.50. The molecular weight excluding hydrogens is 410 g/mol. The van der Waals surface area contributed by atoms with Crippen LogP contribution in [0.25, 0.3) is 11.1 Å². The van der Waals surface area contributed by atoms with E-state index in [4.69, 9.17) is 13.8 Å². The Morgan fingerprint density at radius 3 is 2.45 bits per heavy atom. The van der Waals surface area contributed by atoms with E-state index in [0.29, 0.717) is 12.1 Å². The molecule has 156 valence electrons. The lowest BCUT2D eigenvalue weighted by Crippen LogP contribution is -2.29. The zero-order chi connectivity index (χ0) is 21.4. The fourth-order valence-electron chi connectivity index (χ4n) is 3.27. The second kappa shape index (κ2) is 7.99. The van der Waals surface area contributed by atoms with Crippen molar-refractivity contribution in [3.05, 3.63) is 46.8 Å². The quantitative estimate of drug-likeness (QED) is 0.586. The first-order chi connectivity index (χ1) is 13.6. The summed E-state index contributed by atoms with van der Waals surface area (Å²) in [5, 5.41) is 0.0857. The molecule has 6 nitrogen and oxygen atoms in total. The molecule has 0 amide bonds. The number of pyridine rings is 1. The molecule has 0 aliphatic carbocycles. The van der Waals surface area contributed by atoms with Crippen molar-refractivity contribution >= 4 is 19.2 Å². The van der Waals surface area contributed by atoms with Crippen LogP contribution in [-0.2, 0) is 20.0 Å². The molecule has 0 bridgehead atoms. The molecule has 1 aromatic heterocycles. The average molecular weight is 430 g/mol. The minimum atomic E-state index is -4.58. The lowest BCUT2D eigenvalue weighted by atomic mass is 9.96. The first-order valence-electron chi connectivity index (χ1n) is 8.77. The highest BCUT2D eigenvalue weighted by Gasteiger charge is 2.51. The Labute approximate surface area is 166 Å². The zero-order valence-corrected chi connectivity index (χ0v) is 16.9. The van der Waals surface area contributed by atoms with Gasteiger partial charge in [0.25, 0.3) is 0 Å². The van der Waals surface area contributed by atoms with Gasteiger partial charge in [-0.1, -0.05) is 12.1 Å². The molecule has 1 aliphatic rings. The molecule has 10 heteroatoms. The number of halogens is 3. The lowest BCUT2D eigenvalue weighted by molar-refractivity contribution is -0.137. The fourth-order valence-corrected chi connectivity index (χ4v) is 5.34. The van der Waals surface area contributed by atoms with E-state index in [1.165, 1.54) is 12.1 Å². The number of carbonyl (C=O) groups excluding carboxylic acids is 1. The smallest absolute Gasteiger partial charge is 0.448 e. The van der Waals surface area contributed by atoms with Gasteiger partial charge in [-0.2, -0.15) is 27.1 Å². The number of alkyl halides is 3. The summed E-state index contributed by atoms with van der Waals surface area (Å²) in [6.07, 6.45) is -4.02. The third kappa shape index (κ3) is 4.14. The van der Waals surface area contributed by atoms with Crippen molar-refractivity contribution in [1.82, 2.24) is 4.98 Å². The number of benzene rings is 1. The molecule has 1 aliphatic heterocycles. The van der Waals surface area contributed by atoms with Gasteiger partial charge in [-0.3, -0.25) is 4.98 Å². The minimum absolute atomic E-state index is 0.0429. The van der Waals surface area contributed by atoms with E-state index in [0.717, 1.165) is 19.2 Å². The number of aryl methyl sites for hydroxylation is 2. The van der Waals surface area contributed by atoms with Gasteiger partial charge in [0.05, 0.1) is 35.2 Å². The lowest BCUT2D eigenvalue weighted by Gasteiger charge is -2.25. The van der Waals surface area contributed by atoms with Crippen LogP contribution in [0.2, 0.25) is 0 Å². The predicted octanol–water partition coefficient (Wildman–Crippen LogP) is 3.99. The molecule has 1 N–H and O–H groups in total. The second-order valence-corrected chi connectivity index (χ2v) is 8.50. The van der Waals surface area contributed by atoms with E-state index in [1.54, 1.807) is 13.8 Å². The normalized spacial score (nSPS) is 16.5. The van der Waals surface area contributed by atoms with Gasteiger partial charge in [-0.15, -0.1) is 0 Å². The molecule has 0 radical (unpaired) electrons. The van der Waals surface area contributed by atoms with Gasteiger partial charge in [0, 0.05) is 6.42 Å². The molecule has 0 unspecified atom stereocenters. The number of nitrogens with zero attached hydrogens (tertiary/aromatic N) is 1. The van der Waals surface area contributed by atoms with Gasteiger partial charge < -0.3 is 4.74 Å². The number of carbonyl (C=O) groups is 1. The van der Waals surface area contributed by atoms with Crippen LogP contribution < -0.4 is 5.30 Å². The van der Waals surface area contributed by atoms with Crippen LogP contribution in [0.1, 0.15) is 33.7 Å². The SMILES string of the molecule is COC(=O)c1c(C)nc(C)c([P+]2(O)OCCCO2)c1-c1cccc(C(F)(F)F)c1. The second-order valence-electron chi connectivity index (χ2n) is 6.49. The van der Waals surface area contributed by atoms with Crippen LogP contribution in [-0.4, -0.2) is 36.2 Å². The Balaban J connectivity index is 2.38. The van der Waals surface area contributed by atoms with E-state index in [9.17, 15) is 22.9 Å². The Kier molecular flexibility index (Phi) is 5.96. The fraction of sp³-hybridized carbons (Fsp3) is 0.368. The molecule has 29 heavy (non-hydrogen) atoms. The number of hydrogen-bond donors (Lipinski definition) is 1. The first-order valence-corrected chi connectivity index (χ1v) is 10.3. The number of aromatic nitrogens is 1. The van der Waals surface area contributed by atoms with Crippen LogP contribution in [0.5, 0.6) is 0 Å². The van der Waals surface area contributed by atoms with Gasteiger partial charge in [0.15, 0.2) is 0 Å². The number of hydrogen-bond acceptors (Lipinski definition) is 6. The summed E-state index contributed by atoms with van der Waals surface area (Å²) in [5.41, 5.74) is -0.214. The summed E-state index contributed by atoms with van der Waals surface area (Å²) >= 11 is 0. The first kappa shape index (κ1) is 21.6. The molecule has 1 aromatic carbocycles. The van der Waals surface area contributed by atoms with Crippen molar-refractivity contribution in [3.63, 3.8) is 0 Å². The van der Waals surface area contributed by atoms with Crippen molar-refractivity contribution in [2.24, 2.45) is 0 Å². The van der Waals surface area contributed by atoms with Gasteiger partial charge >= 0.3 is 20.1 Å². The molecule has 1 fully saturated rings. The van der Waals surface area contributed by atoms with Crippen LogP contribution in [0.4, 0.5) is 13.2 Å². The van der Waals surface area contributed by atoms with E-state index in [2.05, 4.69) is 4.98 Å². The molecule has 1 saturated heterocycles. The number of ether oxygens (including phenoxy) is 1. The van der Waals surface area contributed by atoms with Gasteiger partial charge in [0.1, 0.15) is 13.2 Å². The van der Waals surface area contributed by atoms with Crippen LogP contribution in [0, 0.1) is 13.8 Å². The predicted molar refractivity (Wildman–Crippen MR) is 101 cm³/mol. The van der Waals surface area contributed by atoms with Gasteiger partial charge in [0.2, 0.25) is 5.30 Å². The molecule has 0 spiro atoms. The summed E-state index contributed by atoms with van der Waals surface area (Å²) in [4.78, 5) is 27.9. The Morgan fingerprint density at radius 2 is 1.86 bits per heavy atom. The maximum Gasteiger partial charge on any atom is 0.448 e. The molecule has 3 rings (SSSR count). The number of rotatable bonds is 3.